The van der Waals surface area contributed by atoms with Crippen LogP contribution in [0.2, 0.25) is 0 Å². The van der Waals surface area contributed by atoms with E-state index in [1.54, 1.807) is 16.8 Å². The quantitative estimate of drug-likeness (QED) is 0.734. The summed E-state index contributed by atoms with van der Waals surface area (Å²) in [5.74, 6) is -2.02. The monoisotopic (exact) mass is 262 g/mol. The van der Waals surface area contributed by atoms with Crippen molar-refractivity contribution in [1.82, 2.24) is 4.57 Å². The largest absolute Gasteiger partial charge is 0.480 e. The average molecular weight is 262 g/mol. The number of aliphatic carboxylic acids is 2. The van der Waals surface area contributed by atoms with Gasteiger partial charge in [0.25, 0.3) is 0 Å². The Balaban J connectivity index is 2.44. The van der Waals surface area contributed by atoms with E-state index in [4.69, 9.17) is 15.9 Å². The molecule has 0 aliphatic rings. The van der Waals surface area contributed by atoms with Crippen LogP contribution in [0.1, 0.15) is 5.56 Å². The van der Waals surface area contributed by atoms with E-state index in [9.17, 15) is 9.59 Å². The number of carboxylic acid groups (broad SMARTS) is 2. The second-order valence-corrected chi connectivity index (χ2v) is 4.34. The molecule has 0 aliphatic carbocycles. The van der Waals surface area contributed by atoms with Gasteiger partial charge in [-0.3, -0.25) is 9.59 Å². The molecular formula is C13H14N2O4. The number of para-hydroxylation sites is 1. The highest BCUT2D eigenvalue weighted by Gasteiger charge is 2.16. The first-order valence-corrected chi connectivity index (χ1v) is 5.76. The maximum absolute atomic E-state index is 10.8. The third kappa shape index (κ3) is 2.74. The number of benzene rings is 1. The minimum Gasteiger partial charge on any atom is -0.480 e. The molecule has 0 saturated carbocycles. The van der Waals surface area contributed by atoms with E-state index in [1.165, 1.54) is 0 Å². The van der Waals surface area contributed by atoms with E-state index >= 15 is 0 Å². The number of fused-ring (bicyclic) bond motifs is 1. The van der Waals surface area contributed by atoms with Crippen LogP contribution in [0.4, 0.5) is 0 Å². The Hall–Kier alpha value is -2.34. The van der Waals surface area contributed by atoms with Crippen LogP contribution in [0.25, 0.3) is 10.9 Å². The van der Waals surface area contributed by atoms with Gasteiger partial charge in [0.15, 0.2) is 0 Å². The Morgan fingerprint density at radius 3 is 2.58 bits per heavy atom. The van der Waals surface area contributed by atoms with E-state index in [0.717, 1.165) is 16.5 Å². The fraction of sp³-hybridized carbons (Fsp3) is 0.231. The number of rotatable bonds is 5. The fourth-order valence-corrected chi connectivity index (χ4v) is 2.09. The highest BCUT2D eigenvalue weighted by Crippen LogP contribution is 2.22. The van der Waals surface area contributed by atoms with Gasteiger partial charge >= 0.3 is 11.9 Å². The second-order valence-electron chi connectivity index (χ2n) is 4.34. The van der Waals surface area contributed by atoms with Gasteiger partial charge in [-0.25, -0.2) is 0 Å². The van der Waals surface area contributed by atoms with Crippen molar-refractivity contribution in [3.05, 3.63) is 36.0 Å². The highest BCUT2D eigenvalue weighted by molar-refractivity contribution is 5.86. The lowest BCUT2D eigenvalue weighted by molar-refractivity contribution is -0.139. The van der Waals surface area contributed by atoms with Gasteiger partial charge in [0.1, 0.15) is 12.6 Å². The third-order valence-corrected chi connectivity index (χ3v) is 2.93. The summed E-state index contributed by atoms with van der Waals surface area (Å²) in [6.07, 6.45) is 1.82. The Labute approximate surface area is 109 Å². The molecule has 0 amide bonds. The molecule has 0 spiro atoms. The van der Waals surface area contributed by atoms with Crippen molar-refractivity contribution in [2.24, 2.45) is 5.73 Å². The van der Waals surface area contributed by atoms with Crippen LogP contribution in [-0.2, 0) is 22.6 Å². The molecule has 19 heavy (non-hydrogen) atoms. The first-order chi connectivity index (χ1) is 8.99. The topological polar surface area (TPSA) is 106 Å². The summed E-state index contributed by atoms with van der Waals surface area (Å²) in [6.45, 7) is -0.164. The molecule has 0 bridgehead atoms. The molecule has 1 aromatic heterocycles. The number of carboxylic acids is 2. The van der Waals surface area contributed by atoms with Crippen molar-refractivity contribution in [2.45, 2.75) is 19.0 Å². The van der Waals surface area contributed by atoms with Gasteiger partial charge < -0.3 is 20.5 Å². The second kappa shape index (κ2) is 5.11. The summed E-state index contributed by atoms with van der Waals surface area (Å²) in [5, 5.41) is 18.5. The van der Waals surface area contributed by atoms with Crippen LogP contribution in [0, 0.1) is 0 Å². The molecule has 6 nitrogen and oxygen atoms in total. The Morgan fingerprint density at radius 2 is 1.95 bits per heavy atom. The molecule has 2 aromatic rings. The van der Waals surface area contributed by atoms with Gasteiger partial charge in [-0.1, -0.05) is 18.2 Å². The molecule has 100 valence electrons. The number of carbonyl (C=O) groups is 2. The number of hydrogen-bond acceptors (Lipinski definition) is 3. The summed E-state index contributed by atoms with van der Waals surface area (Å²) < 4.78 is 1.58. The van der Waals surface area contributed by atoms with Crippen molar-refractivity contribution in [3.8, 4) is 0 Å². The van der Waals surface area contributed by atoms with E-state index in [1.807, 2.05) is 18.2 Å². The van der Waals surface area contributed by atoms with Crippen LogP contribution >= 0.6 is 0 Å². The Bertz CT molecular complexity index is 633. The summed E-state index contributed by atoms with van der Waals surface area (Å²) in [5.41, 5.74) is 7.03. The first kappa shape index (κ1) is 13.1. The lowest BCUT2D eigenvalue weighted by Crippen LogP contribution is -2.32. The number of nitrogens with two attached hydrogens (primary N) is 1. The molecule has 1 atom stereocenters. The van der Waals surface area contributed by atoms with E-state index < -0.39 is 18.0 Å². The maximum Gasteiger partial charge on any atom is 0.323 e. The molecule has 2 rings (SSSR count). The zero-order valence-corrected chi connectivity index (χ0v) is 10.1. The van der Waals surface area contributed by atoms with Gasteiger partial charge in [0.2, 0.25) is 0 Å². The first-order valence-electron chi connectivity index (χ1n) is 5.76. The van der Waals surface area contributed by atoms with Crippen LogP contribution < -0.4 is 5.73 Å². The Morgan fingerprint density at radius 1 is 1.26 bits per heavy atom. The molecule has 0 radical (unpaired) electrons. The Kier molecular flexibility index (Phi) is 3.52. The highest BCUT2D eigenvalue weighted by atomic mass is 16.4. The zero-order chi connectivity index (χ0) is 14.0. The van der Waals surface area contributed by atoms with Crippen molar-refractivity contribution in [2.75, 3.05) is 0 Å². The minimum atomic E-state index is -1.07. The number of aromatic nitrogens is 1. The number of hydrogen-bond donors (Lipinski definition) is 3. The molecule has 0 fully saturated rings. The SMILES string of the molecule is NC(Cc1cn(CC(=O)O)c2ccccc12)C(=O)O. The normalized spacial score (nSPS) is 12.5. The van der Waals surface area contributed by atoms with Gasteiger partial charge in [0.05, 0.1) is 0 Å². The van der Waals surface area contributed by atoms with Gasteiger partial charge in [-0.2, -0.15) is 0 Å². The van der Waals surface area contributed by atoms with E-state index in [-0.39, 0.29) is 13.0 Å². The molecule has 1 heterocycles. The minimum absolute atomic E-state index is 0.164. The molecule has 4 N–H and O–H groups in total. The summed E-state index contributed by atoms with van der Waals surface area (Å²) >= 11 is 0. The molecular weight excluding hydrogens is 248 g/mol. The lowest BCUT2D eigenvalue weighted by atomic mass is 10.1. The predicted molar refractivity (Wildman–Crippen MR) is 68.9 cm³/mol. The van der Waals surface area contributed by atoms with E-state index in [0.29, 0.717) is 0 Å². The van der Waals surface area contributed by atoms with Gasteiger partial charge in [0, 0.05) is 23.5 Å². The summed E-state index contributed by atoms with van der Waals surface area (Å²) in [7, 11) is 0. The zero-order valence-electron chi connectivity index (χ0n) is 10.1. The van der Waals surface area contributed by atoms with E-state index in [2.05, 4.69) is 0 Å². The molecule has 6 heteroatoms. The van der Waals surface area contributed by atoms with Crippen LogP contribution in [0.3, 0.4) is 0 Å². The summed E-state index contributed by atoms with van der Waals surface area (Å²) in [4.78, 5) is 21.6. The third-order valence-electron chi connectivity index (χ3n) is 2.93. The van der Waals surface area contributed by atoms with Crippen molar-refractivity contribution >= 4 is 22.8 Å². The average Bonchev–Trinajstić information content (AvgIpc) is 2.67. The van der Waals surface area contributed by atoms with Crippen molar-refractivity contribution < 1.29 is 19.8 Å². The standard InChI is InChI=1S/C13H14N2O4/c14-10(13(18)19)5-8-6-15(7-12(16)17)11-4-2-1-3-9(8)11/h1-4,6,10H,5,7,14H2,(H,16,17)(H,18,19). The molecule has 0 aliphatic heterocycles. The maximum atomic E-state index is 10.8. The molecule has 1 unspecified atom stereocenters. The predicted octanol–water partition coefficient (Wildman–Crippen LogP) is 0.680. The van der Waals surface area contributed by atoms with Gasteiger partial charge in [-0.05, 0) is 11.6 Å². The molecule has 0 saturated heterocycles. The van der Waals surface area contributed by atoms with Crippen LogP contribution in [0.5, 0.6) is 0 Å². The molecule has 1 aromatic carbocycles. The van der Waals surface area contributed by atoms with Crippen molar-refractivity contribution in [1.29, 1.82) is 0 Å². The summed E-state index contributed by atoms with van der Waals surface area (Å²) in [6, 6.07) is 6.26. The van der Waals surface area contributed by atoms with Crippen LogP contribution in [0.15, 0.2) is 30.5 Å². The van der Waals surface area contributed by atoms with Crippen LogP contribution in [-0.4, -0.2) is 32.8 Å². The fourth-order valence-electron chi connectivity index (χ4n) is 2.09. The van der Waals surface area contributed by atoms with Gasteiger partial charge in [-0.15, -0.1) is 0 Å². The lowest BCUT2D eigenvalue weighted by Gasteiger charge is -2.04. The van der Waals surface area contributed by atoms with Crippen molar-refractivity contribution in [3.63, 3.8) is 0 Å². The number of nitrogens with zero attached hydrogens (tertiary/aromatic N) is 1. The smallest absolute Gasteiger partial charge is 0.323 e.